The summed E-state index contributed by atoms with van der Waals surface area (Å²) in [6.07, 6.45) is 7.13. The molecular weight excluding hydrogens is 274 g/mol. The molecule has 0 unspecified atom stereocenters. The fourth-order valence-electron chi connectivity index (χ4n) is 3.07. The summed E-state index contributed by atoms with van der Waals surface area (Å²) in [5.41, 5.74) is 0. The summed E-state index contributed by atoms with van der Waals surface area (Å²) >= 11 is 0. The van der Waals surface area contributed by atoms with E-state index in [-0.39, 0.29) is 0 Å². The molecule has 3 saturated heterocycles. The Morgan fingerprint density at radius 2 is 1.14 bits per heavy atom. The monoisotopic (exact) mass is 311 g/mol. The molecule has 3 N–H and O–H groups in total. The summed E-state index contributed by atoms with van der Waals surface area (Å²) in [4.78, 5) is 4.94. The number of piperazine rings is 2. The molecule has 1 saturated carbocycles. The Labute approximate surface area is 137 Å². The Morgan fingerprint density at radius 3 is 1.45 bits per heavy atom. The summed E-state index contributed by atoms with van der Waals surface area (Å²) in [5, 5.41) is 9.91. The van der Waals surface area contributed by atoms with Crippen molar-refractivity contribution in [3.63, 3.8) is 0 Å². The Balaban J connectivity index is 0.000000124. The third-order valence-electron chi connectivity index (χ3n) is 4.76. The molecule has 22 heavy (non-hydrogen) atoms. The van der Waals surface area contributed by atoms with Crippen molar-refractivity contribution in [2.45, 2.75) is 38.1 Å². The lowest BCUT2D eigenvalue weighted by Gasteiger charge is -2.26. The third-order valence-corrected chi connectivity index (χ3v) is 4.76. The second-order valence-corrected chi connectivity index (χ2v) is 6.88. The van der Waals surface area contributed by atoms with Crippen molar-refractivity contribution in [1.29, 1.82) is 0 Å². The van der Waals surface area contributed by atoms with Crippen LogP contribution in [0, 0.1) is 0 Å². The molecule has 4 fully saturated rings. The SMILES string of the molecule is C1CCNCC1.C1CN(C2CC2)CCN1.CN1CCNCC1. The molecule has 4 rings (SSSR count). The molecule has 130 valence electrons. The average molecular weight is 312 g/mol. The van der Waals surface area contributed by atoms with Crippen LogP contribution in [0.5, 0.6) is 0 Å². The maximum atomic E-state index is 3.36. The predicted molar refractivity (Wildman–Crippen MR) is 94.6 cm³/mol. The van der Waals surface area contributed by atoms with Gasteiger partial charge in [-0.05, 0) is 45.8 Å². The molecule has 0 aromatic rings. The van der Waals surface area contributed by atoms with Gasteiger partial charge in [0, 0.05) is 58.4 Å². The van der Waals surface area contributed by atoms with E-state index in [1.807, 2.05) is 0 Å². The van der Waals surface area contributed by atoms with E-state index in [1.54, 1.807) is 0 Å². The molecular formula is C17H37N5. The Hall–Kier alpha value is -0.200. The summed E-state index contributed by atoms with van der Waals surface area (Å²) < 4.78 is 0. The van der Waals surface area contributed by atoms with Gasteiger partial charge in [0.05, 0.1) is 0 Å². The zero-order chi connectivity index (χ0) is 15.5. The van der Waals surface area contributed by atoms with Gasteiger partial charge in [-0.1, -0.05) is 6.42 Å². The number of hydrogen-bond acceptors (Lipinski definition) is 5. The van der Waals surface area contributed by atoms with E-state index in [0.717, 1.165) is 19.1 Å². The van der Waals surface area contributed by atoms with Gasteiger partial charge >= 0.3 is 0 Å². The van der Waals surface area contributed by atoms with Crippen LogP contribution in [0.4, 0.5) is 0 Å². The van der Waals surface area contributed by atoms with Crippen molar-refractivity contribution >= 4 is 0 Å². The largest absolute Gasteiger partial charge is 0.317 e. The van der Waals surface area contributed by atoms with E-state index in [0.29, 0.717) is 0 Å². The van der Waals surface area contributed by atoms with E-state index in [9.17, 15) is 0 Å². The molecule has 5 heteroatoms. The van der Waals surface area contributed by atoms with Gasteiger partial charge in [0.1, 0.15) is 0 Å². The van der Waals surface area contributed by atoms with E-state index >= 15 is 0 Å². The van der Waals surface area contributed by atoms with Gasteiger partial charge in [-0.25, -0.2) is 0 Å². The number of rotatable bonds is 1. The van der Waals surface area contributed by atoms with E-state index in [4.69, 9.17) is 0 Å². The highest BCUT2D eigenvalue weighted by Gasteiger charge is 2.28. The van der Waals surface area contributed by atoms with Gasteiger partial charge in [-0.15, -0.1) is 0 Å². The van der Waals surface area contributed by atoms with Gasteiger partial charge in [-0.2, -0.15) is 0 Å². The molecule has 3 aliphatic heterocycles. The van der Waals surface area contributed by atoms with Crippen LogP contribution in [-0.4, -0.2) is 88.3 Å². The van der Waals surface area contributed by atoms with Gasteiger partial charge in [-0.3, -0.25) is 4.90 Å². The molecule has 4 aliphatic rings. The van der Waals surface area contributed by atoms with Crippen LogP contribution >= 0.6 is 0 Å². The summed E-state index contributed by atoms with van der Waals surface area (Å²) in [7, 11) is 2.15. The number of piperidine rings is 1. The van der Waals surface area contributed by atoms with Crippen molar-refractivity contribution in [1.82, 2.24) is 25.8 Å². The van der Waals surface area contributed by atoms with Crippen LogP contribution in [-0.2, 0) is 0 Å². The standard InChI is InChI=1S/C7H14N2.C5H12N2.C5H11N/c1-2-7(1)9-5-3-8-4-6-9;1-7-4-2-6-3-5-7;1-2-4-6-5-3-1/h7-8H,1-6H2;6H,2-5H2,1H3;6H,1-5H2. The molecule has 0 bridgehead atoms. The van der Waals surface area contributed by atoms with Crippen LogP contribution in [0.2, 0.25) is 0 Å². The molecule has 0 atom stereocenters. The normalized spacial score (nSPS) is 27.1. The number of hydrogen-bond donors (Lipinski definition) is 3. The summed E-state index contributed by atoms with van der Waals surface area (Å²) in [6, 6.07) is 0.979. The summed E-state index contributed by atoms with van der Waals surface area (Å²) in [6.45, 7) is 12.2. The molecule has 3 heterocycles. The smallest absolute Gasteiger partial charge is 0.0110 e. The minimum Gasteiger partial charge on any atom is -0.317 e. The lowest BCUT2D eigenvalue weighted by atomic mass is 10.2. The molecule has 1 aliphatic carbocycles. The second-order valence-electron chi connectivity index (χ2n) is 6.88. The van der Waals surface area contributed by atoms with Crippen LogP contribution in [0.3, 0.4) is 0 Å². The molecule has 0 aromatic heterocycles. The Kier molecular flexibility index (Phi) is 9.36. The van der Waals surface area contributed by atoms with E-state index in [1.165, 1.54) is 84.5 Å². The van der Waals surface area contributed by atoms with Crippen molar-refractivity contribution in [3.8, 4) is 0 Å². The highest BCUT2D eigenvalue weighted by atomic mass is 15.2. The fourth-order valence-corrected chi connectivity index (χ4v) is 3.07. The first-order valence-electron chi connectivity index (χ1n) is 9.41. The minimum atomic E-state index is 0.979. The van der Waals surface area contributed by atoms with Crippen LogP contribution in [0.15, 0.2) is 0 Å². The maximum Gasteiger partial charge on any atom is 0.0110 e. The predicted octanol–water partition coefficient (Wildman–Crippen LogP) is 0.335. The van der Waals surface area contributed by atoms with Crippen LogP contribution in [0.1, 0.15) is 32.1 Å². The number of likely N-dealkylation sites (N-methyl/N-ethyl adjacent to an activating group) is 1. The first-order valence-corrected chi connectivity index (χ1v) is 9.41. The second kappa shape index (κ2) is 11.4. The fraction of sp³-hybridized carbons (Fsp3) is 1.00. The summed E-state index contributed by atoms with van der Waals surface area (Å²) in [5.74, 6) is 0. The minimum absolute atomic E-state index is 0.979. The van der Waals surface area contributed by atoms with Crippen LogP contribution in [0.25, 0.3) is 0 Å². The zero-order valence-electron chi connectivity index (χ0n) is 14.6. The maximum absolute atomic E-state index is 3.36. The van der Waals surface area contributed by atoms with Crippen LogP contribution < -0.4 is 16.0 Å². The topological polar surface area (TPSA) is 42.6 Å². The van der Waals surface area contributed by atoms with Gasteiger partial charge < -0.3 is 20.9 Å². The molecule has 0 radical (unpaired) electrons. The lowest BCUT2D eigenvalue weighted by Crippen LogP contribution is -2.44. The zero-order valence-corrected chi connectivity index (χ0v) is 14.6. The van der Waals surface area contributed by atoms with Gasteiger partial charge in [0.2, 0.25) is 0 Å². The van der Waals surface area contributed by atoms with Gasteiger partial charge in [0.15, 0.2) is 0 Å². The molecule has 0 spiro atoms. The first-order chi connectivity index (χ1) is 10.9. The lowest BCUT2D eigenvalue weighted by molar-refractivity contribution is 0.231. The number of nitrogens with one attached hydrogen (secondary N) is 3. The van der Waals surface area contributed by atoms with Gasteiger partial charge in [0.25, 0.3) is 0 Å². The Bertz CT molecular complexity index is 242. The van der Waals surface area contributed by atoms with Crippen molar-refractivity contribution in [2.24, 2.45) is 0 Å². The number of nitrogens with zero attached hydrogens (tertiary/aromatic N) is 2. The average Bonchev–Trinajstić information content (AvgIpc) is 3.44. The van der Waals surface area contributed by atoms with Crippen molar-refractivity contribution in [3.05, 3.63) is 0 Å². The van der Waals surface area contributed by atoms with Crippen molar-refractivity contribution < 1.29 is 0 Å². The molecule has 0 aromatic carbocycles. The highest BCUT2D eigenvalue weighted by molar-refractivity contribution is 4.86. The van der Waals surface area contributed by atoms with Crippen molar-refractivity contribution in [2.75, 3.05) is 72.5 Å². The molecule has 0 amide bonds. The van der Waals surface area contributed by atoms with E-state index < -0.39 is 0 Å². The Morgan fingerprint density at radius 1 is 0.636 bits per heavy atom. The highest BCUT2D eigenvalue weighted by Crippen LogP contribution is 2.26. The third kappa shape index (κ3) is 8.44. The first kappa shape index (κ1) is 18.1. The van der Waals surface area contributed by atoms with E-state index in [2.05, 4.69) is 32.8 Å². The quantitative estimate of drug-likeness (QED) is 0.651. The molecule has 5 nitrogen and oxygen atoms in total.